The fourth-order valence-corrected chi connectivity index (χ4v) is 3.93. The van der Waals surface area contributed by atoms with Crippen molar-refractivity contribution in [3.63, 3.8) is 0 Å². The van der Waals surface area contributed by atoms with E-state index in [4.69, 9.17) is 20.3 Å². The van der Waals surface area contributed by atoms with Gasteiger partial charge >= 0.3 is 5.97 Å². The zero-order valence-electron chi connectivity index (χ0n) is 13.7. The summed E-state index contributed by atoms with van der Waals surface area (Å²) in [6, 6.07) is 7.83. The van der Waals surface area contributed by atoms with Gasteiger partial charge in [-0.05, 0) is 12.1 Å². The zero-order chi connectivity index (χ0) is 18.6. The number of aliphatic hydroxyl groups excluding tert-OH is 4. The molecule has 0 radical (unpaired) electrons. The molecule has 0 aromatic heterocycles. The lowest BCUT2D eigenvalue weighted by Crippen LogP contribution is -2.64. The quantitative estimate of drug-likeness (QED) is 0.390. The molecule has 0 amide bonds. The van der Waals surface area contributed by atoms with Crippen LogP contribution in [0.5, 0.6) is 0 Å². The van der Waals surface area contributed by atoms with Crippen molar-refractivity contribution in [2.24, 2.45) is 5.73 Å². The van der Waals surface area contributed by atoms with Crippen LogP contribution in [0.1, 0.15) is 6.42 Å². The van der Waals surface area contributed by atoms with Gasteiger partial charge < -0.3 is 35.6 Å². The lowest BCUT2D eigenvalue weighted by atomic mass is 9.90. The van der Waals surface area contributed by atoms with Crippen molar-refractivity contribution in [3.05, 3.63) is 30.3 Å². The Morgan fingerprint density at radius 3 is 2.64 bits per heavy atom. The first-order valence-electron chi connectivity index (χ1n) is 7.75. The topological polar surface area (TPSA) is 142 Å². The predicted octanol–water partition coefficient (Wildman–Crippen LogP) is -1.16. The molecule has 4 unspecified atom stereocenters. The molecule has 1 heterocycles. The van der Waals surface area contributed by atoms with Gasteiger partial charge in [0.15, 0.2) is 0 Å². The van der Waals surface area contributed by atoms with E-state index in [-0.39, 0.29) is 6.42 Å². The lowest BCUT2D eigenvalue weighted by Gasteiger charge is -2.45. The van der Waals surface area contributed by atoms with Crippen LogP contribution in [-0.4, -0.2) is 75.5 Å². The summed E-state index contributed by atoms with van der Waals surface area (Å²) in [6.45, 7) is -0.721. The number of esters is 1. The molecular formula is C16H23NO7S. The molecule has 8 nitrogen and oxygen atoms in total. The Hall–Kier alpha value is -1.20. The third-order valence-electron chi connectivity index (χ3n) is 4.07. The molecule has 9 heteroatoms. The Labute approximate surface area is 149 Å². The normalized spacial score (nSPS) is 32.0. The van der Waals surface area contributed by atoms with Crippen LogP contribution >= 0.6 is 11.8 Å². The SMILES string of the molecule is COC(=O)C1(Sc2ccccc2)CC(O)C(N)C([C@H](O)[C@H](O)CO)O1. The second-order valence-corrected chi connectivity index (χ2v) is 7.17. The zero-order valence-corrected chi connectivity index (χ0v) is 14.5. The number of methoxy groups -OCH3 is 1. The molecular weight excluding hydrogens is 350 g/mol. The van der Waals surface area contributed by atoms with Crippen LogP contribution in [0.2, 0.25) is 0 Å². The highest BCUT2D eigenvalue weighted by molar-refractivity contribution is 8.01. The molecule has 140 valence electrons. The van der Waals surface area contributed by atoms with E-state index in [9.17, 15) is 20.1 Å². The van der Waals surface area contributed by atoms with Gasteiger partial charge in [0.25, 0.3) is 0 Å². The van der Waals surface area contributed by atoms with Gasteiger partial charge in [0, 0.05) is 11.3 Å². The summed E-state index contributed by atoms with van der Waals surface area (Å²) in [5.41, 5.74) is 5.88. The van der Waals surface area contributed by atoms with E-state index in [1.807, 2.05) is 6.07 Å². The number of benzene rings is 1. The molecule has 2 rings (SSSR count). The van der Waals surface area contributed by atoms with E-state index in [0.29, 0.717) is 4.90 Å². The average Bonchev–Trinajstić information content (AvgIpc) is 2.63. The maximum absolute atomic E-state index is 12.4. The van der Waals surface area contributed by atoms with E-state index in [1.54, 1.807) is 24.3 Å². The standard InChI is InChI=1S/C16H23NO7S/c1-23-15(22)16(25-9-5-3-2-4-6-9)7-10(19)12(17)14(24-16)13(21)11(20)8-18/h2-6,10-14,18-21H,7-8,17H2,1H3/t10?,11-,12?,13-,14?,16?/m1/s1. The minimum absolute atomic E-state index is 0.154. The smallest absolute Gasteiger partial charge is 0.349 e. The largest absolute Gasteiger partial charge is 0.466 e. The molecule has 0 bridgehead atoms. The van der Waals surface area contributed by atoms with Crippen LogP contribution in [-0.2, 0) is 14.3 Å². The fraction of sp³-hybridized carbons (Fsp3) is 0.562. The number of aliphatic hydroxyl groups is 4. The van der Waals surface area contributed by atoms with Gasteiger partial charge in [0.2, 0.25) is 4.93 Å². The molecule has 1 saturated heterocycles. The van der Waals surface area contributed by atoms with Crippen molar-refractivity contribution in [2.75, 3.05) is 13.7 Å². The summed E-state index contributed by atoms with van der Waals surface area (Å²) in [7, 11) is 1.19. The summed E-state index contributed by atoms with van der Waals surface area (Å²) in [6.07, 6.45) is -5.73. The van der Waals surface area contributed by atoms with E-state index < -0.39 is 48.0 Å². The summed E-state index contributed by atoms with van der Waals surface area (Å²) >= 11 is 1.02. The molecule has 1 aromatic carbocycles. The minimum atomic E-state index is -1.65. The summed E-state index contributed by atoms with van der Waals surface area (Å²) < 4.78 is 10.6. The Kier molecular flexibility index (Phi) is 6.80. The molecule has 6 N–H and O–H groups in total. The van der Waals surface area contributed by atoms with Crippen LogP contribution in [0.3, 0.4) is 0 Å². The van der Waals surface area contributed by atoms with Crippen molar-refractivity contribution in [1.29, 1.82) is 0 Å². The number of nitrogens with two attached hydrogens (primary N) is 1. The first-order valence-corrected chi connectivity index (χ1v) is 8.57. The Balaban J connectivity index is 2.36. The van der Waals surface area contributed by atoms with Crippen molar-refractivity contribution in [1.82, 2.24) is 0 Å². The van der Waals surface area contributed by atoms with Crippen LogP contribution < -0.4 is 5.73 Å². The fourth-order valence-electron chi connectivity index (χ4n) is 2.67. The molecule has 1 aliphatic heterocycles. The molecule has 1 aromatic rings. The summed E-state index contributed by atoms with van der Waals surface area (Å²) in [5.74, 6) is -0.747. The first-order chi connectivity index (χ1) is 11.8. The van der Waals surface area contributed by atoms with Crippen LogP contribution in [0.25, 0.3) is 0 Å². The molecule has 0 spiro atoms. The van der Waals surface area contributed by atoms with Crippen LogP contribution in [0.4, 0.5) is 0 Å². The Morgan fingerprint density at radius 2 is 2.08 bits per heavy atom. The van der Waals surface area contributed by atoms with E-state index in [0.717, 1.165) is 11.8 Å². The maximum atomic E-state index is 12.4. The van der Waals surface area contributed by atoms with E-state index in [1.165, 1.54) is 7.11 Å². The van der Waals surface area contributed by atoms with Gasteiger partial charge in [0.1, 0.15) is 18.3 Å². The molecule has 6 atom stereocenters. The van der Waals surface area contributed by atoms with Crippen molar-refractivity contribution < 1.29 is 34.7 Å². The van der Waals surface area contributed by atoms with Gasteiger partial charge in [-0.15, -0.1) is 0 Å². The minimum Gasteiger partial charge on any atom is -0.466 e. The number of thioether (sulfide) groups is 1. The molecule has 1 fully saturated rings. The molecule has 0 saturated carbocycles. The third-order valence-corrected chi connectivity index (χ3v) is 5.34. The second-order valence-electron chi connectivity index (χ2n) is 5.83. The van der Waals surface area contributed by atoms with Gasteiger partial charge in [-0.2, -0.15) is 0 Å². The van der Waals surface area contributed by atoms with E-state index >= 15 is 0 Å². The molecule has 25 heavy (non-hydrogen) atoms. The van der Waals surface area contributed by atoms with Gasteiger partial charge in [0.05, 0.1) is 25.9 Å². The highest BCUT2D eigenvalue weighted by Gasteiger charge is 2.54. The predicted molar refractivity (Wildman–Crippen MR) is 89.6 cm³/mol. The lowest BCUT2D eigenvalue weighted by molar-refractivity contribution is -0.203. The van der Waals surface area contributed by atoms with Crippen LogP contribution in [0, 0.1) is 0 Å². The van der Waals surface area contributed by atoms with Crippen molar-refractivity contribution in [3.8, 4) is 0 Å². The summed E-state index contributed by atoms with van der Waals surface area (Å²) in [5, 5.41) is 39.3. The number of hydrogen-bond donors (Lipinski definition) is 5. The van der Waals surface area contributed by atoms with Crippen molar-refractivity contribution >= 4 is 17.7 Å². The number of rotatable bonds is 6. The first kappa shape index (κ1) is 20.1. The molecule has 1 aliphatic rings. The van der Waals surface area contributed by atoms with Gasteiger partial charge in [-0.25, -0.2) is 4.79 Å². The van der Waals surface area contributed by atoms with E-state index in [2.05, 4.69) is 0 Å². The number of carbonyl (C=O) groups is 1. The molecule has 0 aliphatic carbocycles. The number of hydrogen-bond acceptors (Lipinski definition) is 9. The maximum Gasteiger partial charge on any atom is 0.349 e. The Bertz CT molecular complexity index is 575. The second kappa shape index (κ2) is 8.45. The van der Waals surface area contributed by atoms with Crippen molar-refractivity contribution in [2.45, 2.75) is 46.7 Å². The average molecular weight is 373 g/mol. The number of ether oxygens (including phenoxy) is 2. The monoisotopic (exact) mass is 373 g/mol. The highest BCUT2D eigenvalue weighted by Crippen LogP contribution is 2.44. The third kappa shape index (κ3) is 4.32. The van der Waals surface area contributed by atoms with Crippen LogP contribution in [0.15, 0.2) is 35.2 Å². The summed E-state index contributed by atoms with van der Waals surface area (Å²) in [4.78, 5) is 11.5. The Morgan fingerprint density at radius 1 is 1.44 bits per heavy atom. The number of carbonyl (C=O) groups excluding carboxylic acids is 1. The highest BCUT2D eigenvalue weighted by atomic mass is 32.2. The van der Waals surface area contributed by atoms with Gasteiger partial charge in [-0.3, -0.25) is 0 Å². The van der Waals surface area contributed by atoms with Gasteiger partial charge in [-0.1, -0.05) is 30.0 Å².